The summed E-state index contributed by atoms with van der Waals surface area (Å²) in [6, 6.07) is 12.3. The van der Waals surface area contributed by atoms with Gasteiger partial charge in [-0.2, -0.15) is 0 Å². The first-order chi connectivity index (χ1) is 8.01. The molecule has 0 bridgehead atoms. The van der Waals surface area contributed by atoms with E-state index >= 15 is 0 Å². The Hall–Kier alpha value is -1.03. The van der Waals surface area contributed by atoms with Gasteiger partial charge in [0, 0.05) is 5.02 Å². The molecule has 0 unspecified atom stereocenters. The van der Waals surface area contributed by atoms with Crippen LogP contribution in [0.2, 0.25) is 10.0 Å². The van der Waals surface area contributed by atoms with Crippen molar-refractivity contribution in [2.45, 2.75) is 9.79 Å². The van der Waals surface area contributed by atoms with Crippen molar-refractivity contribution < 1.29 is 8.42 Å². The SMILES string of the molecule is O=S(=O)(c1ccc(Cl)cc1)c1ccccc1Cl. The number of hydrogen-bond donors (Lipinski definition) is 0. The molecule has 0 aromatic heterocycles. The normalized spacial score (nSPS) is 11.4. The van der Waals surface area contributed by atoms with Crippen LogP contribution in [-0.4, -0.2) is 8.42 Å². The molecule has 5 heteroatoms. The van der Waals surface area contributed by atoms with Gasteiger partial charge in [-0.1, -0.05) is 35.3 Å². The zero-order valence-corrected chi connectivity index (χ0v) is 10.9. The predicted molar refractivity (Wildman–Crippen MR) is 68.4 cm³/mol. The van der Waals surface area contributed by atoms with Crippen LogP contribution in [0, 0.1) is 0 Å². The number of sulfone groups is 1. The average Bonchev–Trinajstić information content (AvgIpc) is 2.30. The van der Waals surface area contributed by atoms with Gasteiger partial charge in [-0.05, 0) is 36.4 Å². The Morgan fingerprint density at radius 1 is 0.824 bits per heavy atom. The molecule has 0 spiro atoms. The lowest BCUT2D eigenvalue weighted by Crippen LogP contribution is -2.02. The second-order valence-electron chi connectivity index (χ2n) is 3.39. The highest BCUT2D eigenvalue weighted by Crippen LogP contribution is 2.27. The average molecular weight is 287 g/mol. The van der Waals surface area contributed by atoms with E-state index in [1.807, 2.05) is 0 Å². The topological polar surface area (TPSA) is 34.1 Å². The molecule has 0 N–H and O–H groups in total. The standard InChI is InChI=1S/C12H8Cl2O2S/c13-9-5-7-10(8-6-9)17(15,16)12-4-2-1-3-11(12)14/h1-8H. The summed E-state index contributed by atoms with van der Waals surface area (Å²) in [5.41, 5.74) is 0. The van der Waals surface area contributed by atoms with Gasteiger partial charge < -0.3 is 0 Å². The van der Waals surface area contributed by atoms with E-state index in [1.54, 1.807) is 18.2 Å². The summed E-state index contributed by atoms with van der Waals surface area (Å²) in [6.07, 6.45) is 0. The second-order valence-corrected chi connectivity index (χ2v) is 6.15. The molecule has 2 nitrogen and oxygen atoms in total. The van der Waals surface area contributed by atoms with Gasteiger partial charge in [0.2, 0.25) is 9.84 Å². The van der Waals surface area contributed by atoms with Gasteiger partial charge in [0.25, 0.3) is 0 Å². The number of hydrogen-bond acceptors (Lipinski definition) is 2. The molecule has 88 valence electrons. The minimum Gasteiger partial charge on any atom is -0.218 e. The minimum absolute atomic E-state index is 0.101. The fourth-order valence-corrected chi connectivity index (χ4v) is 3.30. The van der Waals surface area contributed by atoms with Crippen LogP contribution < -0.4 is 0 Å². The van der Waals surface area contributed by atoms with E-state index in [2.05, 4.69) is 0 Å². The van der Waals surface area contributed by atoms with Crippen LogP contribution in [0.3, 0.4) is 0 Å². The lowest BCUT2D eigenvalue weighted by molar-refractivity contribution is 0.596. The van der Waals surface area contributed by atoms with E-state index in [4.69, 9.17) is 23.2 Å². The minimum atomic E-state index is -3.58. The molecule has 0 amide bonds. The Kier molecular flexibility index (Phi) is 3.43. The third-order valence-electron chi connectivity index (χ3n) is 2.25. The maximum absolute atomic E-state index is 12.2. The van der Waals surface area contributed by atoms with E-state index < -0.39 is 9.84 Å². The van der Waals surface area contributed by atoms with E-state index in [-0.39, 0.29) is 14.8 Å². The zero-order chi connectivity index (χ0) is 12.5. The smallest absolute Gasteiger partial charge is 0.208 e. The maximum atomic E-state index is 12.2. The van der Waals surface area contributed by atoms with Crippen LogP contribution in [0.1, 0.15) is 0 Å². The molecule has 0 atom stereocenters. The molecule has 0 saturated heterocycles. The molecule has 2 aromatic carbocycles. The quantitative estimate of drug-likeness (QED) is 0.841. The van der Waals surface area contributed by atoms with Crippen molar-refractivity contribution in [3.8, 4) is 0 Å². The second kappa shape index (κ2) is 4.69. The van der Waals surface area contributed by atoms with Crippen molar-refractivity contribution in [2.75, 3.05) is 0 Å². The third kappa shape index (κ3) is 2.46. The van der Waals surface area contributed by atoms with Crippen LogP contribution in [-0.2, 0) is 9.84 Å². The predicted octanol–water partition coefficient (Wildman–Crippen LogP) is 3.83. The molecule has 0 fully saturated rings. The Morgan fingerprint density at radius 3 is 2.00 bits per heavy atom. The Balaban J connectivity index is 2.58. The van der Waals surface area contributed by atoms with Crippen LogP contribution in [0.15, 0.2) is 58.3 Å². The summed E-state index contributed by atoms with van der Waals surface area (Å²) < 4.78 is 24.5. The van der Waals surface area contributed by atoms with Gasteiger partial charge >= 0.3 is 0 Å². The van der Waals surface area contributed by atoms with E-state index in [0.717, 1.165) is 0 Å². The molecule has 0 radical (unpaired) electrons. The number of benzene rings is 2. The van der Waals surface area contributed by atoms with Crippen LogP contribution in [0.5, 0.6) is 0 Å². The van der Waals surface area contributed by atoms with Crippen molar-refractivity contribution in [3.05, 3.63) is 58.6 Å². The van der Waals surface area contributed by atoms with Crippen LogP contribution in [0.25, 0.3) is 0 Å². The fraction of sp³-hybridized carbons (Fsp3) is 0. The van der Waals surface area contributed by atoms with Crippen LogP contribution >= 0.6 is 23.2 Å². The number of halogens is 2. The van der Waals surface area contributed by atoms with Gasteiger partial charge in [0.05, 0.1) is 14.8 Å². The highest BCUT2D eigenvalue weighted by molar-refractivity contribution is 7.91. The van der Waals surface area contributed by atoms with Crippen molar-refractivity contribution >= 4 is 33.0 Å². The summed E-state index contributed by atoms with van der Waals surface area (Å²) in [7, 11) is -3.58. The molecule has 2 aromatic rings. The summed E-state index contributed by atoms with van der Waals surface area (Å²) in [4.78, 5) is 0.277. The van der Waals surface area contributed by atoms with Crippen molar-refractivity contribution in [1.29, 1.82) is 0 Å². The molecule has 0 saturated carbocycles. The van der Waals surface area contributed by atoms with Crippen molar-refractivity contribution in [2.24, 2.45) is 0 Å². The molecule has 0 aliphatic rings. The van der Waals surface area contributed by atoms with Gasteiger partial charge in [-0.3, -0.25) is 0 Å². The number of rotatable bonds is 2. The summed E-state index contributed by atoms with van der Waals surface area (Å²) in [5.74, 6) is 0. The monoisotopic (exact) mass is 286 g/mol. The Labute approximate surface area is 110 Å². The first-order valence-electron chi connectivity index (χ1n) is 4.77. The Morgan fingerprint density at radius 2 is 1.41 bits per heavy atom. The molecule has 2 rings (SSSR count). The summed E-state index contributed by atoms with van der Waals surface area (Å²) in [5, 5.41) is 0.700. The van der Waals surface area contributed by atoms with Gasteiger partial charge in [0.15, 0.2) is 0 Å². The first kappa shape index (κ1) is 12.4. The maximum Gasteiger partial charge on any atom is 0.208 e. The lowest BCUT2D eigenvalue weighted by Gasteiger charge is -2.06. The summed E-state index contributed by atoms with van der Waals surface area (Å²) >= 11 is 11.6. The molecule has 0 aliphatic carbocycles. The zero-order valence-electron chi connectivity index (χ0n) is 8.60. The third-order valence-corrected chi connectivity index (χ3v) is 4.77. The Bertz CT molecular complexity index is 634. The van der Waals surface area contributed by atoms with E-state index in [9.17, 15) is 8.42 Å². The molecule has 0 aliphatic heterocycles. The van der Waals surface area contributed by atoms with E-state index in [0.29, 0.717) is 5.02 Å². The van der Waals surface area contributed by atoms with Crippen LogP contribution in [0.4, 0.5) is 0 Å². The molecular weight excluding hydrogens is 279 g/mol. The highest BCUT2D eigenvalue weighted by atomic mass is 35.5. The van der Waals surface area contributed by atoms with Gasteiger partial charge in [-0.25, -0.2) is 8.42 Å². The molecular formula is C12H8Cl2O2S. The summed E-state index contributed by atoms with van der Waals surface area (Å²) in [6.45, 7) is 0. The lowest BCUT2D eigenvalue weighted by atomic mass is 10.4. The van der Waals surface area contributed by atoms with Crippen molar-refractivity contribution in [1.82, 2.24) is 0 Å². The largest absolute Gasteiger partial charge is 0.218 e. The fourth-order valence-electron chi connectivity index (χ4n) is 1.40. The first-order valence-corrected chi connectivity index (χ1v) is 7.01. The highest BCUT2D eigenvalue weighted by Gasteiger charge is 2.19. The molecule has 0 heterocycles. The van der Waals surface area contributed by atoms with E-state index in [1.165, 1.54) is 30.3 Å². The van der Waals surface area contributed by atoms with Gasteiger partial charge in [0.1, 0.15) is 0 Å². The van der Waals surface area contributed by atoms with Crippen molar-refractivity contribution in [3.63, 3.8) is 0 Å². The molecule has 17 heavy (non-hydrogen) atoms. The van der Waals surface area contributed by atoms with Gasteiger partial charge in [-0.15, -0.1) is 0 Å².